The van der Waals surface area contributed by atoms with Crippen LogP contribution in [0, 0.1) is 0 Å². The molecule has 0 saturated carbocycles. The van der Waals surface area contributed by atoms with E-state index in [1.807, 2.05) is 30.3 Å². The van der Waals surface area contributed by atoms with Gasteiger partial charge < -0.3 is 20.8 Å². The van der Waals surface area contributed by atoms with E-state index < -0.39 is 24.8 Å². The number of hydrogen-bond donors (Lipinski definition) is 4. The SMILES string of the molecule is CCC(C)(NC(=O)[C@@H](N)Cc1ccccc1)P(=O)(O)O. The highest BCUT2D eigenvalue weighted by molar-refractivity contribution is 7.53. The number of amides is 1. The van der Waals surface area contributed by atoms with Gasteiger partial charge in [0.15, 0.2) is 0 Å². The molecule has 0 aliphatic heterocycles. The molecule has 1 aromatic rings. The molecule has 1 unspecified atom stereocenters. The van der Waals surface area contributed by atoms with E-state index in [9.17, 15) is 19.1 Å². The Kier molecular flexibility index (Phi) is 5.48. The van der Waals surface area contributed by atoms with E-state index in [-0.39, 0.29) is 6.42 Å². The van der Waals surface area contributed by atoms with Crippen LogP contribution in [0.3, 0.4) is 0 Å². The van der Waals surface area contributed by atoms with Crippen LogP contribution in [-0.4, -0.2) is 27.0 Å². The van der Waals surface area contributed by atoms with Gasteiger partial charge in [0.1, 0.15) is 5.28 Å². The van der Waals surface area contributed by atoms with Gasteiger partial charge in [-0.25, -0.2) is 0 Å². The predicted molar refractivity (Wildman–Crippen MR) is 77.0 cm³/mol. The van der Waals surface area contributed by atoms with Crippen LogP contribution in [0.4, 0.5) is 0 Å². The molecule has 1 aromatic carbocycles. The molecule has 0 fully saturated rings. The van der Waals surface area contributed by atoms with Gasteiger partial charge in [0.25, 0.3) is 0 Å². The molecular formula is C13H21N2O4P. The molecule has 0 aliphatic rings. The molecule has 112 valence electrons. The lowest BCUT2D eigenvalue weighted by Gasteiger charge is -2.31. The average molecular weight is 300 g/mol. The minimum Gasteiger partial charge on any atom is -0.338 e. The van der Waals surface area contributed by atoms with Gasteiger partial charge in [-0.15, -0.1) is 0 Å². The van der Waals surface area contributed by atoms with Crippen molar-refractivity contribution in [2.24, 2.45) is 5.73 Å². The largest absolute Gasteiger partial charge is 0.350 e. The molecule has 1 amide bonds. The number of hydrogen-bond acceptors (Lipinski definition) is 3. The molecule has 0 saturated heterocycles. The molecule has 5 N–H and O–H groups in total. The van der Waals surface area contributed by atoms with Crippen LogP contribution in [0.2, 0.25) is 0 Å². The summed E-state index contributed by atoms with van der Waals surface area (Å²) in [7, 11) is -4.45. The number of benzene rings is 1. The van der Waals surface area contributed by atoms with Gasteiger partial charge in [-0.05, 0) is 25.3 Å². The molecule has 6 nitrogen and oxygen atoms in total. The van der Waals surface area contributed by atoms with Crippen molar-refractivity contribution in [3.05, 3.63) is 35.9 Å². The van der Waals surface area contributed by atoms with Crippen LogP contribution in [0.15, 0.2) is 30.3 Å². The highest BCUT2D eigenvalue weighted by Gasteiger charge is 2.42. The Hall–Kier alpha value is -1.20. The van der Waals surface area contributed by atoms with Crippen LogP contribution >= 0.6 is 7.60 Å². The van der Waals surface area contributed by atoms with Gasteiger partial charge in [0, 0.05) is 0 Å². The summed E-state index contributed by atoms with van der Waals surface area (Å²) in [5.74, 6) is -0.568. The molecule has 2 atom stereocenters. The van der Waals surface area contributed by atoms with E-state index in [1.165, 1.54) is 6.92 Å². The Morgan fingerprint density at radius 1 is 1.40 bits per heavy atom. The van der Waals surface area contributed by atoms with Crippen molar-refractivity contribution in [3.8, 4) is 0 Å². The molecule has 7 heteroatoms. The van der Waals surface area contributed by atoms with Crippen molar-refractivity contribution in [2.45, 2.75) is 38.0 Å². The minimum atomic E-state index is -4.45. The number of carbonyl (C=O) groups is 1. The van der Waals surface area contributed by atoms with Gasteiger partial charge in [-0.3, -0.25) is 9.36 Å². The van der Waals surface area contributed by atoms with Crippen LogP contribution < -0.4 is 11.1 Å². The fraction of sp³-hybridized carbons (Fsp3) is 0.462. The monoisotopic (exact) mass is 300 g/mol. The van der Waals surface area contributed by atoms with Crippen LogP contribution in [0.1, 0.15) is 25.8 Å². The van der Waals surface area contributed by atoms with Crippen LogP contribution in [0.5, 0.6) is 0 Å². The van der Waals surface area contributed by atoms with Crippen molar-refractivity contribution in [3.63, 3.8) is 0 Å². The lowest BCUT2D eigenvalue weighted by atomic mass is 10.1. The lowest BCUT2D eigenvalue weighted by Crippen LogP contribution is -2.52. The summed E-state index contributed by atoms with van der Waals surface area (Å²) in [6, 6.07) is 8.37. The van der Waals surface area contributed by atoms with Crippen molar-refractivity contribution < 1.29 is 19.1 Å². The summed E-state index contributed by atoms with van der Waals surface area (Å²) in [5.41, 5.74) is 6.68. The normalized spacial score (nSPS) is 16.2. The van der Waals surface area contributed by atoms with E-state index in [2.05, 4.69) is 5.32 Å². The first-order valence-electron chi connectivity index (χ1n) is 6.37. The first-order chi connectivity index (χ1) is 9.19. The second-order valence-electron chi connectivity index (χ2n) is 4.96. The summed E-state index contributed by atoms with van der Waals surface area (Å²) in [6.45, 7) is 2.92. The minimum absolute atomic E-state index is 0.112. The maximum absolute atomic E-state index is 12.0. The van der Waals surface area contributed by atoms with E-state index in [4.69, 9.17) is 5.73 Å². The third-order valence-electron chi connectivity index (χ3n) is 3.36. The van der Waals surface area contributed by atoms with E-state index in [0.29, 0.717) is 6.42 Å². The molecule has 0 bridgehead atoms. The molecule has 0 heterocycles. The lowest BCUT2D eigenvalue weighted by molar-refractivity contribution is -0.123. The average Bonchev–Trinajstić information content (AvgIpc) is 2.38. The summed E-state index contributed by atoms with van der Waals surface area (Å²) in [6.07, 6.45) is 0.425. The van der Waals surface area contributed by atoms with Crippen molar-refractivity contribution in [2.75, 3.05) is 0 Å². The summed E-state index contributed by atoms with van der Waals surface area (Å²) in [4.78, 5) is 30.6. The first-order valence-corrected chi connectivity index (χ1v) is 7.98. The molecule has 1 rings (SSSR count). The molecular weight excluding hydrogens is 279 g/mol. The second-order valence-corrected chi connectivity index (χ2v) is 7.03. The summed E-state index contributed by atoms with van der Waals surface area (Å²) >= 11 is 0. The second kappa shape index (κ2) is 6.50. The predicted octanol–water partition coefficient (Wildman–Crippen LogP) is 0.976. The van der Waals surface area contributed by atoms with Crippen LogP contribution in [-0.2, 0) is 15.8 Å². The van der Waals surface area contributed by atoms with E-state index >= 15 is 0 Å². The summed E-state index contributed by atoms with van der Waals surface area (Å²) in [5, 5.41) is 0.791. The third kappa shape index (κ3) is 4.15. The van der Waals surface area contributed by atoms with Crippen molar-refractivity contribution >= 4 is 13.5 Å². The van der Waals surface area contributed by atoms with Gasteiger partial charge in [0.2, 0.25) is 5.91 Å². The maximum Gasteiger partial charge on any atom is 0.350 e. The molecule has 0 spiro atoms. The smallest absolute Gasteiger partial charge is 0.338 e. The molecule has 0 radical (unpaired) electrons. The topological polar surface area (TPSA) is 113 Å². The number of rotatable bonds is 6. The van der Waals surface area contributed by atoms with Gasteiger partial charge in [0.05, 0.1) is 6.04 Å². The van der Waals surface area contributed by atoms with Gasteiger partial charge in [-0.1, -0.05) is 37.3 Å². The molecule has 0 aromatic heterocycles. The van der Waals surface area contributed by atoms with E-state index in [0.717, 1.165) is 5.56 Å². The van der Waals surface area contributed by atoms with Crippen LogP contribution in [0.25, 0.3) is 0 Å². The molecule has 20 heavy (non-hydrogen) atoms. The zero-order valence-corrected chi connectivity index (χ0v) is 12.5. The quantitative estimate of drug-likeness (QED) is 0.585. The highest BCUT2D eigenvalue weighted by Crippen LogP contribution is 2.50. The Bertz CT molecular complexity index is 502. The summed E-state index contributed by atoms with van der Waals surface area (Å²) < 4.78 is 11.4. The number of nitrogens with one attached hydrogen (secondary N) is 1. The zero-order chi connectivity index (χ0) is 15.4. The highest BCUT2D eigenvalue weighted by atomic mass is 31.2. The fourth-order valence-electron chi connectivity index (χ4n) is 1.69. The first kappa shape index (κ1) is 16.9. The third-order valence-corrected chi connectivity index (χ3v) is 5.07. The number of nitrogens with two attached hydrogens (primary N) is 1. The van der Waals surface area contributed by atoms with Gasteiger partial charge in [-0.2, -0.15) is 0 Å². The Balaban J connectivity index is 2.73. The van der Waals surface area contributed by atoms with Crippen molar-refractivity contribution in [1.82, 2.24) is 5.32 Å². The van der Waals surface area contributed by atoms with Crippen molar-refractivity contribution in [1.29, 1.82) is 0 Å². The maximum atomic E-state index is 12.0. The Labute approximate surface area is 118 Å². The Morgan fingerprint density at radius 3 is 2.40 bits per heavy atom. The Morgan fingerprint density at radius 2 is 1.95 bits per heavy atom. The zero-order valence-electron chi connectivity index (χ0n) is 11.6. The fourth-order valence-corrected chi connectivity index (χ4v) is 2.35. The standard InChI is InChI=1S/C13H21N2O4P/c1-3-13(2,20(17,18)19)15-12(16)11(14)9-10-7-5-4-6-8-10/h4-8,11H,3,9,14H2,1-2H3,(H,15,16)(H2,17,18,19)/t11-,13?/m0/s1. The van der Waals surface area contributed by atoms with Gasteiger partial charge >= 0.3 is 7.60 Å². The molecule has 0 aliphatic carbocycles. The number of carbonyl (C=O) groups excluding carboxylic acids is 1. The van der Waals surface area contributed by atoms with E-state index in [1.54, 1.807) is 6.92 Å².